The zero-order valence-corrected chi connectivity index (χ0v) is 17.5. The predicted molar refractivity (Wildman–Crippen MR) is 123 cm³/mol. The van der Waals surface area contributed by atoms with E-state index >= 15 is 0 Å². The maximum atomic E-state index is 5.03. The molecule has 2 aliphatic rings. The zero-order valence-electron chi connectivity index (χ0n) is 17.5. The molecule has 1 N–H and O–H groups in total. The fourth-order valence-corrected chi connectivity index (χ4v) is 4.31. The number of guanidine groups is 1. The van der Waals surface area contributed by atoms with Crippen molar-refractivity contribution in [3.05, 3.63) is 60.7 Å². The van der Waals surface area contributed by atoms with Gasteiger partial charge in [0.15, 0.2) is 5.96 Å². The van der Waals surface area contributed by atoms with Gasteiger partial charge < -0.3 is 20.0 Å². The molecule has 0 spiro atoms. The number of aliphatic imine (C=N–C) groups is 1. The molecule has 0 amide bonds. The minimum Gasteiger partial charge on any atom is -0.371 e. The third-order valence-corrected chi connectivity index (χ3v) is 5.94. The molecule has 4 rings (SSSR count). The number of rotatable bonds is 5. The van der Waals surface area contributed by atoms with Gasteiger partial charge in [0.25, 0.3) is 0 Å². The van der Waals surface area contributed by atoms with Crippen LogP contribution in [-0.2, 0) is 0 Å². The fourth-order valence-electron chi connectivity index (χ4n) is 4.31. The number of anilines is 2. The third-order valence-electron chi connectivity index (χ3n) is 5.94. The number of benzene rings is 2. The Morgan fingerprint density at radius 1 is 0.862 bits per heavy atom. The summed E-state index contributed by atoms with van der Waals surface area (Å²) in [5, 5.41) is 3.52. The van der Waals surface area contributed by atoms with E-state index in [9.17, 15) is 0 Å². The molecule has 0 aromatic heterocycles. The minimum atomic E-state index is 0.634. The lowest BCUT2D eigenvalue weighted by Gasteiger charge is -2.37. The first-order valence-corrected chi connectivity index (χ1v) is 11.0. The predicted octanol–water partition coefficient (Wildman–Crippen LogP) is 3.30. The summed E-state index contributed by atoms with van der Waals surface area (Å²) in [6, 6.07) is 21.5. The maximum absolute atomic E-state index is 5.03. The summed E-state index contributed by atoms with van der Waals surface area (Å²) in [5.74, 6) is 1.72. The molecule has 0 saturated carbocycles. The quantitative estimate of drug-likeness (QED) is 0.626. The van der Waals surface area contributed by atoms with Crippen LogP contribution in [0.15, 0.2) is 65.7 Å². The van der Waals surface area contributed by atoms with Gasteiger partial charge >= 0.3 is 0 Å². The summed E-state index contributed by atoms with van der Waals surface area (Å²) in [6.45, 7) is 10.3. The second kappa shape index (κ2) is 9.68. The second-order valence-electron chi connectivity index (χ2n) is 7.94. The summed E-state index contributed by atoms with van der Waals surface area (Å²) >= 11 is 0. The van der Waals surface area contributed by atoms with Gasteiger partial charge in [-0.3, -0.25) is 4.99 Å². The van der Waals surface area contributed by atoms with Gasteiger partial charge in [-0.05, 0) is 43.5 Å². The summed E-state index contributed by atoms with van der Waals surface area (Å²) in [7, 11) is 0. The Morgan fingerprint density at radius 3 is 2.10 bits per heavy atom. The lowest BCUT2D eigenvalue weighted by atomic mass is 10.1. The number of nitrogens with zero attached hydrogens (tertiary/aromatic N) is 4. The van der Waals surface area contributed by atoms with Gasteiger partial charge in [-0.1, -0.05) is 36.4 Å². The van der Waals surface area contributed by atoms with Crippen molar-refractivity contribution in [3.8, 4) is 0 Å². The number of hydrogen-bond donors (Lipinski definition) is 1. The second-order valence-corrected chi connectivity index (χ2v) is 7.94. The average molecular weight is 392 g/mol. The van der Waals surface area contributed by atoms with E-state index in [1.165, 1.54) is 17.8 Å². The number of piperazine rings is 1. The van der Waals surface area contributed by atoms with Crippen molar-refractivity contribution in [1.82, 2.24) is 10.2 Å². The Balaban J connectivity index is 1.32. The van der Waals surface area contributed by atoms with E-state index in [2.05, 4.69) is 87.6 Å². The van der Waals surface area contributed by atoms with Crippen molar-refractivity contribution in [2.45, 2.75) is 13.3 Å². The van der Waals surface area contributed by atoms with Crippen LogP contribution in [0.1, 0.15) is 13.3 Å². The van der Waals surface area contributed by atoms with Crippen LogP contribution in [0.4, 0.5) is 11.4 Å². The molecule has 0 aliphatic carbocycles. The molecule has 0 radical (unpaired) electrons. The first-order chi connectivity index (χ1) is 14.3. The molecule has 2 heterocycles. The van der Waals surface area contributed by atoms with Gasteiger partial charge in [-0.15, -0.1) is 0 Å². The highest BCUT2D eigenvalue weighted by Gasteiger charge is 2.24. The zero-order chi connectivity index (χ0) is 19.9. The average Bonchev–Trinajstić information content (AvgIpc) is 3.27. The normalized spacial score (nSPS) is 20.2. The highest BCUT2D eigenvalue weighted by molar-refractivity contribution is 5.80. The van der Waals surface area contributed by atoms with Crippen LogP contribution in [0, 0.1) is 5.92 Å². The van der Waals surface area contributed by atoms with Crippen LogP contribution in [0.2, 0.25) is 0 Å². The van der Waals surface area contributed by atoms with Crippen molar-refractivity contribution in [1.29, 1.82) is 0 Å². The molecule has 1 atom stereocenters. The minimum absolute atomic E-state index is 0.634. The molecule has 154 valence electrons. The Labute approximate surface area is 175 Å². The van der Waals surface area contributed by atoms with Crippen LogP contribution in [0.5, 0.6) is 0 Å². The van der Waals surface area contributed by atoms with Crippen molar-refractivity contribution >= 4 is 17.3 Å². The van der Waals surface area contributed by atoms with Crippen molar-refractivity contribution in [2.75, 3.05) is 62.2 Å². The first-order valence-electron chi connectivity index (χ1n) is 11.0. The van der Waals surface area contributed by atoms with Crippen molar-refractivity contribution < 1.29 is 0 Å². The number of para-hydroxylation sites is 2. The van der Waals surface area contributed by atoms with Gasteiger partial charge in [0, 0.05) is 63.7 Å². The topological polar surface area (TPSA) is 34.1 Å². The van der Waals surface area contributed by atoms with Crippen LogP contribution in [0.3, 0.4) is 0 Å². The standard InChI is InChI=1S/C24H33N5/c1-2-25-24(28-17-15-27(16-18-28)22-9-5-3-6-10-22)26-19-21-13-14-29(20-21)23-11-7-4-8-12-23/h3-12,21H,2,13-20H2,1H3,(H,25,26). The summed E-state index contributed by atoms with van der Waals surface area (Å²) in [5.41, 5.74) is 2.66. The van der Waals surface area contributed by atoms with Gasteiger partial charge in [0.05, 0.1) is 0 Å². The van der Waals surface area contributed by atoms with Crippen molar-refractivity contribution in [3.63, 3.8) is 0 Å². The van der Waals surface area contributed by atoms with E-state index in [4.69, 9.17) is 4.99 Å². The summed E-state index contributed by atoms with van der Waals surface area (Å²) < 4.78 is 0. The smallest absolute Gasteiger partial charge is 0.194 e. The van der Waals surface area contributed by atoms with Gasteiger partial charge in [-0.2, -0.15) is 0 Å². The highest BCUT2D eigenvalue weighted by Crippen LogP contribution is 2.23. The van der Waals surface area contributed by atoms with Gasteiger partial charge in [0.2, 0.25) is 0 Å². The van der Waals surface area contributed by atoms with Crippen molar-refractivity contribution in [2.24, 2.45) is 10.9 Å². The SMILES string of the molecule is CCNC(=NCC1CCN(c2ccccc2)C1)N1CCN(c2ccccc2)CC1. The molecule has 1 unspecified atom stereocenters. The van der Waals surface area contributed by atoms with Crippen LogP contribution < -0.4 is 15.1 Å². The van der Waals surface area contributed by atoms with Gasteiger partial charge in [-0.25, -0.2) is 0 Å². The molecule has 2 aliphatic heterocycles. The Bertz CT molecular complexity index is 768. The first kappa shape index (κ1) is 19.6. The fraction of sp³-hybridized carbons (Fsp3) is 0.458. The van der Waals surface area contributed by atoms with E-state index in [0.717, 1.165) is 58.3 Å². The maximum Gasteiger partial charge on any atom is 0.194 e. The molecule has 5 nitrogen and oxygen atoms in total. The summed E-state index contributed by atoms with van der Waals surface area (Å²) in [6.07, 6.45) is 1.22. The summed E-state index contributed by atoms with van der Waals surface area (Å²) in [4.78, 5) is 12.4. The lowest BCUT2D eigenvalue weighted by Crippen LogP contribution is -2.52. The molecule has 2 aromatic rings. The Morgan fingerprint density at radius 2 is 1.48 bits per heavy atom. The van der Waals surface area contributed by atoms with Crippen LogP contribution in [-0.4, -0.2) is 63.2 Å². The van der Waals surface area contributed by atoms with Gasteiger partial charge in [0.1, 0.15) is 0 Å². The molecular formula is C24H33N5. The molecule has 2 saturated heterocycles. The van der Waals surface area contributed by atoms with E-state index in [-0.39, 0.29) is 0 Å². The van der Waals surface area contributed by atoms with Crippen LogP contribution in [0.25, 0.3) is 0 Å². The van der Waals surface area contributed by atoms with E-state index in [1.807, 2.05) is 0 Å². The Kier molecular flexibility index (Phi) is 6.55. The van der Waals surface area contributed by atoms with E-state index in [0.29, 0.717) is 5.92 Å². The monoisotopic (exact) mass is 391 g/mol. The molecule has 0 bridgehead atoms. The van der Waals surface area contributed by atoms with E-state index < -0.39 is 0 Å². The third kappa shape index (κ3) is 5.03. The lowest BCUT2D eigenvalue weighted by molar-refractivity contribution is 0.371. The molecule has 29 heavy (non-hydrogen) atoms. The largest absolute Gasteiger partial charge is 0.371 e. The Hall–Kier alpha value is -2.69. The highest BCUT2D eigenvalue weighted by atomic mass is 15.3. The number of nitrogens with one attached hydrogen (secondary N) is 1. The van der Waals surface area contributed by atoms with Crippen LogP contribution >= 0.6 is 0 Å². The molecular weight excluding hydrogens is 358 g/mol. The number of hydrogen-bond acceptors (Lipinski definition) is 3. The van der Waals surface area contributed by atoms with E-state index in [1.54, 1.807) is 0 Å². The molecule has 2 fully saturated rings. The molecule has 5 heteroatoms. The molecule has 2 aromatic carbocycles.